The highest BCUT2D eigenvalue weighted by Crippen LogP contribution is 2.31. The van der Waals surface area contributed by atoms with Crippen LogP contribution in [-0.4, -0.2) is 40.8 Å². The lowest BCUT2D eigenvalue weighted by Gasteiger charge is -2.39. The molecule has 1 aliphatic rings. The summed E-state index contributed by atoms with van der Waals surface area (Å²) in [6.45, 7) is 5.47. The summed E-state index contributed by atoms with van der Waals surface area (Å²) in [4.78, 5) is 16.4. The summed E-state index contributed by atoms with van der Waals surface area (Å²) in [6, 6.07) is 0.326. The highest BCUT2D eigenvalue weighted by atomic mass is 19.4. The average molecular weight is 336 g/mol. The van der Waals surface area contributed by atoms with Crippen molar-refractivity contribution in [1.82, 2.24) is 9.88 Å². The number of alkyl halides is 3. The number of halogens is 4. The molecular weight excluding hydrogens is 320 g/mol. The zero-order valence-corrected chi connectivity index (χ0v) is 12.8. The van der Waals surface area contributed by atoms with E-state index in [0.29, 0.717) is 12.3 Å². The molecule has 1 aromatic heterocycles. The van der Waals surface area contributed by atoms with Gasteiger partial charge in [-0.25, -0.2) is 14.2 Å². The molecule has 0 aromatic carbocycles. The lowest BCUT2D eigenvalue weighted by atomic mass is 10.1. The topological polar surface area (TPSA) is 51.7 Å². The molecule has 0 bridgehead atoms. The number of amides is 1. The van der Waals surface area contributed by atoms with Crippen molar-refractivity contribution in [3.8, 4) is 5.88 Å². The minimum atomic E-state index is -4.67. The van der Waals surface area contributed by atoms with Gasteiger partial charge in [-0.05, 0) is 26.8 Å². The maximum atomic E-state index is 13.6. The molecule has 0 radical (unpaired) electrons. The lowest BCUT2D eigenvalue weighted by molar-refractivity contribution is -0.138. The van der Waals surface area contributed by atoms with Gasteiger partial charge < -0.3 is 14.4 Å². The molecule has 1 aliphatic heterocycles. The second-order valence-corrected chi connectivity index (χ2v) is 6.13. The largest absolute Gasteiger partial charge is 0.468 e. The molecule has 2 rings (SSSR count). The van der Waals surface area contributed by atoms with Crippen LogP contribution in [0.25, 0.3) is 0 Å². The van der Waals surface area contributed by atoms with E-state index in [1.54, 1.807) is 20.8 Å². The molecule has 0 unspecified atom stereocenters. The van der Waals surface area contributed by atoms with E-state index in [-0.39, 0.29) is 13.1 Å². The summed E-state index contributed by atoms with van der Waals surface area (Å²) in [5.41, 5.74) is -1.82. The van der Waals surface area contributed by atoms with Crippen LogP contribution in [0.3, 0.4) is 0 Å². The third-order valence-electron chi connectivity index (χ3n) is 2.91. The number of aromatic nitrogens is 1. The van der Waals surface area contributed by atoms with Crippen LogP contribution >= 0.6 is 0 Å². The van der Waals surface area contributed by atoms with Crippen molar-refractivity contribution in [3.63, 3.8) is 0 Å². The molecule has 1 aromatic rings. The minimum absolute atomic E-state index is 0.150. The summed E-state index contributed by atoms with van der Waals surface area (Å²) in [5.74, 6) is -1.72. The van der Waals surface area contributed by atoms with Gasteiger partial charge in [0.2, 0.25) is 0 Å². The first-order chi connectivity index (χ1) is 10.5. The Hall–Kier alpha value is -2.06. The molecule has 23 heavy (non-hydrogen) atoms. The van der Waals surface area contributed by atoms with Gasteiger partial charge in [0.25, 0.3) is 5.88 Å². The molecule has 0 aliphatic carbocycles. The van der Waals surface area contributed by atoms with Crippen LogP contribution in [0.15, 0.2) is 12.3 Å². The number of likely N-dealkylation sites (tertiary alicyclic amines) is 1. The van der Waals surface area contributed by atoms with Crippen molar-refractivity contribution >= 4 is 6.09 Å². The van der Waals surface area contributed by atoms with E-state index in [9.17, 15) is 22.4 Å². The van der Waals surface area contributed by atoms with Crippen LogP contribution in [0.5, 0.6) is 5.88 Å². The first-order valence-corrected chi connectivity index (χ1v) is 6.83. The van der Waals surface area contributed by atoms with Crippen molar-refractivity contribution in [3.05, 3.63) is 23.6 Å². The second kappa shape index (κ2) is 5.86. The van der Waals surface area contributed by atoms with Gasteiger partial charge in [-0.2, -0.15) is 13.2 Å². The first kappa shape index (κ1) is 17.3. The molecule has 1 amide bonds. The third kappa shape index (κ3) is 4.46. The predicted octanol–water partition coefficient (Wildman–Crippen LogP) is 3.24. The quantitative estimate of drug-likeness (QED) is 0.778. The van der Waals surface area contributed by atoms with Gasteiger partial charge in [-0.15, -0.1) is 0 Å². The summed E-state index contributed by atoms with van der Waals surface area (Å²) < 4.78 is 61.1. The lowest BCUT2D eigenvalue weighted by Crippen LogP contribution is -2.57. The molecule has 0 saturated carbocycles. The minimum Gasteiger partial charge on any atom is -0.468 e. The fraction of sp³-hybridized carbons (Fsp3) is 0.571. The number of carbonyl (C=O) groups is 1. The average Bonchev–Trinajstić information content (AvgIpc) is 2.30. The highest BCUT2D eigenvalue weighted by molar-refractivity contribution is 5.69. The van der Waals surface area contributed by atoms with Gasteiger partial charge in [-0.1, -0.05) is 0 Å². The molecule has 0 spiro atoms. The van der Waals surface area contributed by atoms with Crippen molar-refractivity contribution in [1.29, 1.82) is 0 Å². The van der Waals surface area contributed by atoms with Crippen LogP contribution in [-0.2, 0) is 10.9 Å². The van der Waals surface area contributed by atoms with Crippen molar-refractivity contribution < 1.29 is 31.8 Å². The van der Waals surface area contributed by atoms with Crippen molar-refractivity contribution in [2.75, 3.05) is 13.1 Å². The van der Waals surface area contributed by atoms with E-state index in [1.165, 1.54) is 4.90 Å². The Labute approximate surface area is 130 Å². The van der Waals surface area contributed by atoms with Crippen LogP contribution in [0.4, 0.5) is 22.4 Å². The van der Waals surface area contributed by atoms with Crippen molar-refractivity contribution in [2.45, 2.75) is 38.7 Å². The normalized spacial score (nSPS) is 16.0. The maximum absolute atomic E-state index is 13.6. The van der Waals surface area contributed by atoms with Crippen LogP contribution < -0.4 is 4.74 Å². The van der Waals surface area contributed by atoms with Gasteiger partial charge in [-0.3, -0.25) is 0 Å². The Bertz CT molecular complexity index is 593. The second-order valence-electron chi connectivity index (χ2n) is 6.13. The summed E-state index contributed by atoms with van der Waals surface area (Å²) in [5, 5.41) is 0. The fourth-order valence-electron chi connectivity index (χ4n) is 1.81. The monoisotopic (exact) mass is 336 g/mol. The summed E-state index contributed by atoms with van der Waals surface area (Å²) in [6.07, 6.45) is -5.24. The molecule has 128 valence electrons. The fourth-order valence-corrected chi connectivity index (χ4v) is 1.81. The van der Waals surface area contributed by atoms with E-state index in [0.717, 1.165) is 0 Å². The number of carbonyl (C=O) groups excluding carboxylic acids is 1. The number of nitrogens with zero attached hydrogens (tertiary/aromatic N) is 2. The molecular formula is C14H16F4N2O3. The molecule has 9 heteroatoms. The van der Waals surface area contributed by atoms with Gasteiger partial charge >= 0.3 is 12.3 Å². The van der Waals surface area contributed by atoms with Crippen LogP contribution in [0.1, 0.15) is 26.3 Å². The molecule has 1 saturated heterocycles. The smallest absolute Gasteiger partial charge is 0.417 e. The predicted molar refractivity (Wildman–Crippen MR) is 71.4 cm³/mol. The number of ether oxygens (including phenoxy) is 2. The van der Waals surface area contributed by atoms with Gasteiger partial charge in [0, 0.05) is 6.20 Å². The van der Waals surface area contributed by atoms with Crippen molar-refractivity contribution in [2.24, 2.45) is 0 Å². The summed E-state index contributed by atoms with van der Waals surface area (Å²) >= 11 is 0. The van der Waals surface area contributed by atoms with Gasteiger partial charge in [0.15, 0.2) is 5.82 Å². The van der Waals surface area contributed by atoms with Gasteiger partial charge in [0.1, 0.15) is 11.7 Å². The van der Waals surface area contributed by atoms with E-state index in [1.807, 2.05) is 0 Å². The zero-order valence-electron chi connectivity index (χ0n) is 12.8. The SMILES string of the molecule is CC(C)(C)OC(=O)N1CC(Oc2ncc(C(F)(F)F)cc2F)C1. The Balaban J connectivity index is 1.90. The number of hydrogen-bond donors (Lipinski definition) is 0. The Morgan fingerprint density at radius 3 is 2.39 bits per heavy atom. The first-order valence-electron chi connectivity index (χ1n) is 6.83. The van der Waals surface area contributed by atoms with E-state index < -0.39 is 41.2 Å². The summed E-state index contributed by atoms with van der Waals surface area (Å²) in [7, 11) is 0. The van der Waals surface area contributed by atoms with E-state index in [2.05, 4.69) is 4.98 Å². The van der Waals surface area contributed by atoms with E-state index in [4.69, 9.17) is 9.47 Å². The molecule has 1 fully saturated rings. The zero-order chi connectivity index (χ0) is 17.4. The highest BCUT2D eigenvalue weighted by Gasteiger charge is 2.36. The standard InChI is InChI=1S/C14H16F4N2O3/c1-13(2,3)23-12(21)20-6-9(7-20)22-11-10(15)4-8(5-19-11)14(16,17)18/h4-5,9H,6-7H2,1-3H3. The molecule has 0 atom stereocenters. The maximum Gasteiger partial charge on any atom is 0.417 e. The Kier molecular flexibility index (Phi) is 4.41. The molecule has 2 heterocycles. The Morgan fingerprint density at radius 2 is 1.91 bits per heavy atom. The molecule has 0 N–H and O–H groups in total. The number of pyridine rings is 1. The number of hydrogen-bond acceptors (Lipinski definition) is 4. The molecule has 5 nitrogen and oxygen atoms in total. The van der Waals surface area contributed by atoms with Crippen LogP contribution in [0, 0.1) is 5.82 Å². The third-order valence-corrected chi connectivity index (χ3v) is 2.91. The Morgan fingerprint density at radius 1 is 1.30 bits per heavy atom. The van der Waals surface area contributed by atoms with Gasteiger partial charge in [0.05, 0.1) is 18.7 Å². The number of rotatable bonds is 2. The van der Waals surface area contributed by atoms with E-state index >= 15 is 0 Å². The van der Waals surface area contributed by atoms with Crippen LogP contribution in [0.2, 0.25) is 0 Å².